The van der Waals surface area contributed by atoms with Crippen LogP contribution in [0.5, 0.6) is 0 Å². The van der Waals surface area contributed by atoms with Crippen LogP contribution in [0.3, 0.4) is 0 Å². The summed E-state index contributed by atoms with van der Waals surface area (Å²) in [5, 5.41) is 19.4. The van der Waals surface area contributed by atoms with Crippen LogP contribution in [0.1, 0.15) is 34.6 Å². The molecule has 2 amide bonds. The Kier molecular flexibility index (Phi) is 5.84. The van der Waals surface area contributed by atoms with Gasteiger partial charge in [0.2, 0.25) is 0 Å². The molecule has 1 aromatic carbocycles. The number of nitrogens with one attached hydrogen (secondary N) is 2. The number of rotatable bonds is 5. The van der Waals surface area contributed by atoms with E-state index in [2.05, 4.69) is 15.8 Å². The molecule has 8 nitrogen and oxygen atoms in total. The van der Waals surface area contributed by atoms with E-state index >= 15 is 0 Å². The fourth-order valence-corrected chi connectivity index (χ4v) is 2.78. The van der Waals surface area contributed by atoms with E-state index in [0.717, 1.165) is 17.4 Å². The highest BCUT2D eigenvalue weighted by atomic mass is 35.5. The van der Waals surface area contributed by atoms with Crippen molar-refractivity contribution in [3.63, 3.8) is 0 Å². The molecule has 0 saturated carbocycles. The molecule has 10 heteroatoms. The van der Waals surface area contributed by atoms with Crippen LogP contribution in [0.4, 0.5) is 10.7 Å². The van der Waals surface area contributed by atoms with Gasteiger partial charge in [0.1, 0.15) is 10.6 Å². The van der Waals surface area contributed by atoms with Crippen molar-refractivity contribution in [2.75, 3.05) is 5.32 Å². The zero-order chi connectivity index (χ0) is 18.6. The third kappa shape index (κ3) is 4.61. The molecule has 2 aromatic rings. The van der Waals surface area contributed by atoms with Crippen molar-refractivity contribution < 1.29 is 14.5 Å². The molecule has 0 saturated heterocycles. The Balaban J connectivity index is 2.27. The molecule has 0 atom stereocenters. The molecule has 0 aliphatic carbocycles. The van der Waals surface area contributed by atoms with Crippen molar-refractivity contribution in [2.24, 2.45) is 5.10 Å². The van der Waals surface area contributed by atoms with E-state index in [1.54, 1.807) is 19.2 Å². The Morgan fingerprint density at radius 1 is 1.20 bits per heavy atom. The summed E-state index contributed by atoms with van der Waals surface area (Å²) >= 11 is 6.93. The molecule has 0 fully saturated rings. The smallest absolute Gasteiger partial charge is 0.282 e. The number of anilines is 1. The van der Waals surface area contributed by atoms with Crippen molar-refractivity contribution in [1.82, 2.24) is 5.43 Å². The third-order valence-electron chi connectivity index (χ3n) is 2.92. The summed E-state index contributed by atoms with van der Waals surface area (Å²) in [6.07, 6.45) is 0. The van der Waals surface area contributed by atoms with E-state index in [0.29, 0.717) is 5.71 Å². The summed E-state index contributed by atoms with van der Waals surface area (Å²) in [4.78, 5) is 34.9. The second-order valence-electron chi connectivity index (χ2n) is 5.04. The Morgan fingerprint density at radius 3 is 2.56 bits per heavy atom. The van der Waals surface area contributed by atoms with Crippen LogP contribution < -0.4 is 10.7 Å². The van der Waals surface area contributed by atoms with Crippen LogP contribution in [-0.4, -0.2) is 22.4 Å². The van der Waals surface area contributed by atoms with Crippen LogP contribution in [0.15, 0.2) is 34.7 Å². The summed E-state index contributed by atoms with van der Waals surface area (Å²) in [5.41, 5.74) is 2.64. The van der Waals surface area contributed by atoms with Crippen molar-refractivity contribution in [1.29, 1.82) is 0 Å². The van der Waals surface area contributed by atoms with E-state index in [1.807, 2.05) is 0 Å². The first kappa shape index (κ1) is 18.6. The lowest BCUT2D eigenvalue weighted by molar-refractivity contribution is -0.385. The SMILES string of the molecule is CC(C)=NNC(=O)c1ccsc1NC(=O)c1cc(Cl)ccc1[N+](=O)[O-]. The standard InChI is InChI=1S/C15H13ClN4O4S/c1-8(2)18-19-14(22)10-5-6-25-15(10)17-13(21)11-7-9(16)3-4-12(11)20(23)24/h3-7H,1-2H3,(H,17,21)(H,19,22). The average Bonchev–Trinajstić information content (AvgIpc) is 3.00. The van der Waals surface area contributed by atoms with Gasteiger partial charge in [0.25, 0.3) is 17.5 Å². The first-order valence-corrected chi connectivity index (χ1v) is 8.19. The van der Waals surface area contributed by atoms with Gasteiger partial charge in [-0.05, 0) is 37.4 Å². The van der Waals surface area contributed by atoms with Gasteiger partial charge < -0.3 is 5.32 Å². The fourth-order valence-electron chi connectivity index (χ4n) is 1.83. The van der Waals surface area contributed by atoms with E-state index in [9.17, 15) is 19.7 Å². The second kappa shape index (κ2) is 7.86. The number of halogens is 1. The quantitative estimate of drug-likeness (QED) is 0.467. The number of hydrogen-bond donors (Lipinski definition) is 2. The minimum absolute atomic E-state index is 0.188. The third-order valence-corrected chi connectivity index (χ3v) is 3.98. The molecule has 2 N–H and O–H groups in total. The minimum atomic E-state index is -0.735. The number of amides is 2. The molecule has 1 aromatic heterocycles. The highest BCUT2D eigenvalue weighted by Crippen LogP contribution is 2.27. The molecule has 0 spiro atoms. The van der Waals surface area contributed by atoms with Gasteiger partial charge in [-0.15, -0.1) is 11.3 Å². The van der Waals surface area contributed by atoms with Gasteiger partial charge in [-0.2, -0.15) is 5.10 Å². The molecular weight excluding hydrogens is 368 g/mol. The maximum Gasteiger partial charge on any atom is 0.282 e. The van der Waals surface area contributed by atoms with Gasteiger partial charge >= 0.3 is 0 Å². The molecule has 25 heavy (non-hydrogen) atoms. The summed E-state index contributed by atoms with van der Waals surface area (Å²) < 4.78 is 0. The lowest BCUT2D eigenvalue weighted by Gasteiger charge is -2.07. The topological polar surface area (TPSA) is 114 Å². The Labute approximate surface area is 151 Å². The van der Waals surface area contributed by atoms with Gasteiger partial charge in [0.15, 0.2) is 0 Å². The number of hydrogen-bond acceptors (Lipinski definition) is 6. The molecule has 0 unspecified atom stereocenters. The number of carbonyl (C=O) groups excluding carboxylic acids is 2. The van der Waals surface area contributed by atoms with Crippen LogP contribution in [-0.2, 0) is 0 Å². The van der Waals surface area contributed by atoms with Crippen molar-refractivity contribution in [3.05, 3.63) is 55.9 Å². The first-order valence-electron chi connectivity index (χ1n) is 6.93. The predicted molar refractivity (Wildman–Crippen MR) is 96.6 cm³/mol. The fraction of sp³-hybridized carbons (Fsp3) is 0.133. The summed E-state index contributed by atoms with van der Waals surface area (Å²) in [5.74, 6) is -1.24. The molecule has 0 radical (unpaired) electrons. The maximum absolute atomic E-state index is 12.4. The zero-order valence-electron chi connectivity index (χ0n) is 13.2. The maximum atomic E-state index is 12.4. The van der Waals surface area contributed by atoms with Crippen LogP contribution in [0, 0.1) is 10.1 Å². The van der Waals surface area contributed by atoms with Gasteiger partial charge in [-0.1, -0.05) is 11.6 Å². The van der Waals surface area contributed by atoms with Crippen LogP contribution in [0.2, 0.25) is 5.02 Å². The number of nitro benzene ring substituents is 1. The van der Waals surface area contributed by atoms with Gasteiger partial charge in [0, 0.05) is 16.8 Å². The van der Waals surface area contributed by atoms with Crippen molar-refractivity contribution >= 4 is 51.2 Å². The number of benzene rings is 1. The Bertz CT molecular complexity index is 874. The van der Waals surface area contributed by atoms with E-state index in [-0.39, 0.29) is 26.8 Å². The van der Waals surface area contributed by atoms with Gasteiger partial charge in [0.05, 0.1) is 10.5 Å². The second-order valence-corrected chi connectivity index (χ2v) is 6.39. The normalized spacial score (nSPS) is 10.0. The van der Waals surface area contributed by atoms with Crippen molar-refractivity contribution in [3.8, 4) is 0 Å². The number of nitro groups is 1. The lowest BCUT2D eigenvalue weighted by atomic mass is 10.1. The van der Waals surface area contributed by atoms with Crippen molar-refractivity contribution in [2.45, 2.75) is 13.8 Å². The number of thiophene rings is 1. The largest absolute Gasteiger partial charge is 0.313 e. The Hall–Kier alpha value is -2.78. The average molecular weight is 381 g/mol. The van der Waals surface area contributed by atoms with Crippen LogP contribution >= 0.6 is 22.9 Å². The molecule has 2 rings (SSSR count). The highest BCUT2D eigenvalue weighted by Gasteiger charge is 2.22. The zero-order valence-corrected chi connectivity index (χ0v) is 14.8. The molecule has 1 heterocycles. The summed E-state index contributed by atoms with van der Waals surface area (Å²) in [7, 11) is 0. The number of hydrazone groups is 1. The molecule has 0 aliphatic heterocycles. The van der Waals surface area contributed by atoms with Crippen LogP contribution in [0.25, 0.3) is 0 Å². The van der Waals surface area contributed by atoms with Gasteiger partial charge in [-0.3, -0.25) is 19.7 Å². The van der Waals surface area contributed by atoms with E-state index < -0.39 is 16.7 Å². The van der Waals surface area contributed by atoms with E-state index in [1.165, 1.54) is 18.2 Å². The number of nitrogens with zero attached hydrogens (tertiary/aromatic N) is 2. The predicted octanol–water partition coefficient (Wildman–Crippen LogP) is 3.69. The molecule has 0 bridgehead atoms. The molecule has 0 aliphatic rings. The number of carbonyl (C=O) groups is 2. The molecular formula is C15H13ClN4O4S. The lowest BCUT2D eigenvalue weighted by Crippen LogP contribution is -2.21. The molecule has 130 valence electrons. The Morgan fingerprint density at radius 2 is 1.92 bits per heavy atom. The highest BCUT2D eigenvalue weighted by molar-refractivity contribution is 7.14. The monoisotopic (exact) mass is 380 g/mol. The minimum Gasteiger partial charge on any atom is -0.313 e. The van der Waals surface area contributed by atoms with Gasteiger partial charge in [-0.25, -0.2) is 5.43 Å². The summed E-state index contributed by atoms with van der Waals surface area (Å²) in [6, 6.07) is 5.19. The summed E-state index contributed by atoms with van der Waals surface area (Å²) in [6.45, 7) is 3.43. The first-order chi connectivity index (χ1) is 11.8. The van der Waals surface area contributed by atoms with E-state index in [4.69, 9.17) is 11.6 Å².